The van der Waals surface area contributed by atoms with Gasteiger partial charge in [-0.2, -0.15) is 11.8 Å². The normalized spacial score (nSPS) is 28.9. The Morgan fingerprint density at radius 1 is 1.75 bits per heavy atom. The highest BCUT2D eigenvalue weighted by Gasteiger charge is 2.13. The molecule has 1 rings (SSSR count). The van der Waals surface area contributed by atoms with Crippen LogP contribution in [0.3, 0.4) is 0 Å². The Labute approximate surface area is 54.2 Å². The third kappa shape index (κ3) is 1.65. The predicted molar refractivity (Wildman–Crippen MR) is 37.6 cm³/mol. The van der Waals surface area contributed by atoms with E-state index in [1.165, 1.54) is 17.9 Å². The Hall–Kier alpha value is 0.270. The molecule has 3 N–H and O–H groups in total. The fourth-order valence-corrected chi connectivity index (χ4v) is 2.20. The quantitative estimate of drug-likeness (QED) is 0.416. The third-order valence-corrected chi connectivity index (χ3v) is 2.66. The molecule has 48 valence electrons. The van der Waals surface area contributed by atoms with Crippen molar-refractivity contribution >= 4 is 11.8 Å². The number of hydrogen-bond donors (Lipinski definition) is 2. The van der Waals surface area contributed by atoms with Crippen LogP contribution in [-0.4, -0.2) is 18.1 Å². The van der Waals surface area contributed by atoms with Gasteiger partial charge in [-0.1, -0.05) is 0 Å². The largest absolute Gasteiger partial charge is 0.271 e. The number of rotatable bonds is 2. The molecule has 1 atom stereocenters. The van der Waals surface area contributed by atoms with Gasteiger partial charge in [-0.3, -0.25) is 11.3 Å². The molecule has 0 aromatic rings. The van der Waals surface area contributed by atoms with Crippen molar-refractivity contribution in [3.63, 3.8) is 0 Å². The van der Waals surface area contributed by atoms with Crippen molar-refractivity contribution in [3.8, 4) is 0 Å². The Balaban J connectivity index is 2.06. The first-order chi connectivity index (χ1) is 3.93. The van der Waals surface area contributed by atoms with Crippen LogP contribution in [-0.2, 0) is 0 Å². The summed E-state index contributed by atoms with van der Waals surface area (Å²) in [7, 11) is 0. The summed E-state index contributed by atoms with van der Waals surface area (Å²) < 4.78 is 0. The van der Waals surface area contributed by atoms with E-state index in [-0.39, 0.29) is 0 Å². The number of hydrogen-bond acceptors (Lipinski definition) is 3. The number of hydrazine groups is 1. The fraction of sp³-hybridized carbons (Fsp3) is 1.00. The molecule has 8 heavy (non-hydrogen) atoms. The molecule has 0 radical (unpaired) electrons. The Morgan fingerprint density at radius 3 is 3.12 bits per heavy atom. The van der Waals surface area contributed by atoms with Crippen molar-refractivity contribution in [1.29, 1.82) is 0 Å². The molecule has 2 nitrogen and oxygen atoms in total. The Morgan fingerprint density at radius 2 is 2.62 bits per heavy atom. The Kier molecular flexibility index (Phi) is 2.66. The lowest BCUT2D eigenvalue weighted by atomic mass is 10.1. The highest BCUT2D eigenvalue weighted by atomic mass is 32.2. The molecule has 1 saturated heterocycles. The molecule has 0 spiro atoms. The summed E-state index contributed by atoms with van der Waals surface area (Å²) in [4.78, 5) is 0. The molecule has 0 aromatic carbocycles. The van der Waals surface area contributed by atoms with Crippen LogP contribution in [0.25, 0.3) is 0 Å². The first-order valence-corrected chi connectivity index (χ1v) is 4.10. The van der Waals surface area contributed by atoms with Crippen LogP contribution in [0.5, 0.6) is 0 Å². The number of thioether (sulfide) groups is 1. The maximum absolute atomic E-state index is 5.15. The molecule has 0 bridgehead atoms. The lowest BCUT2D eigenvalue weighted by Crippen LogP contribution is -2.28. The summed E-state index contributed by atoms with van der Waals surface area (Å²) in [5.41, 5.74) is 2.70. The van der Waals surface area contributed by atoms with Gasteiger partial charge in [0, 0.05) is 6.54 Å². The van der Waals surface area contributed by atoms with Gasteiger partial charge in [0.15, 0.2) is 0 Å². The van der Waals surface area contributed by atoms with E-state index in [1.807, 2.05) is 11.8 Å². The fourth-order valence-electron chi connectivity index (χ4n) is 0.911. The average molecular weight is 132 g/mol. The minimum Gasteiger partial charge on any atom is -0.271 e. The van der Waals surface area contributed by atoms with E-state index in [2.05, 4.69) is 5.43 Å². The van der Waals surface area contributed by atoms with Crippen LogP contribution in [0, 0.1) is 5.92 Å². The van der Waals surface area contributed by atoms with Crippen molar-refractivity contribution in [1.82, 2.24) is 5.43 Å². The van der Waals surface area contributed by atoms with Crippen LogP contribution < -0.4 is 11.3 Å². The van der Waals surface area contributed by atoms with Gasteiger partial charge < -0.3 is 0 Å². The molecule has 1 heterocycles. The Bertz CT molecular complexity index is 61.4. The zero-order chi connectivity index (χ0) is 5.82. The lowest BCUT2D eigenvalue weighted by molar-refractivity contribution is 0.536. The molecular formula is C5H12N2S. The molecule has 0 unspecified atom stereocenters. The van der Waals surface area contributed by atoms with Gasteiger partial charge in [-0.15, -0.1) is 0 Å². The second kappa shape index (κ2) is 3.33. The summed E-state index contributed by atoms with van der Waals surface area (Å²) in [6.07, 6.45) is 1.34. The molecular weight excluding hydrogens is 120 g/mol. The standard InChI is InChI=1S/C5H12N2S/c6-7-3-5-1-2-8-4-5/h5,7H,1-4,6H2/t5-/m0/s1. The van der Waals surface area contributed by atoms with E-state index in [0.717, 1.165) is 12.5 Å². The minimum atomic E-state index is 0.838. The van der Waals surface area contributed by atoms with E-state index in [4.69, 9.17) is 5.84 Å². The molecule has 0 amide bonds. The monoisotopic (exact) mass is 132 g/mol. The summed E-state index contributed by atoms with van der Waals surface area (Å²) in [6.45, 7) is 0.993. The van der Waals surface area contributed by atoms with Crippen molar-refractivity contribution < 1.29 is 0 Å². The minimum absolute atomic E-state index is 0.838. The van der Waals surface area contributed by atoms with Gasteiger partial charge in [0.2, 0.25) is 0 Å². The maximum Gasteiger partial charge on any atom is 0.0134 e. The molecule has 0 aromatic heterocycles. The van der Waals surface area contributed by atoms with Crippen molar-refractivity contribution in [2.45, 2.75) is 6.42 Å². The molecule has 1 aliphatic heterocycles. The molecule has 0 aliphatic carbocycles. The van der Waals surface area contributed by atoms with Crippen molar-refractivity contribution in [3.05, 3.63) is 0 Å². The van der Waals surface area contributed by atoms with Crippen LogP contribution in [0.2, 0.25) is 0 Å². The lowest BCUT2D eigenvalue weighted by Gasteiger charge is -2.03. The predicted octanol–water partition coefficient (Wildman–Crippen LogP) is 0.203. The second-order valence-corrected chi connectivity index (χ2v) is 3.29. The van der Waals surface area contributed by atoms with Gasteiger partial charge in [0.1, 0.15) is 0 Å². The van der Waals surface area contributed by atoms with E-state index in [0.29, 0.717) is 0 Å². The van der Waals surface area contributed by atoms with E-state index in [9.17, 15) is 0 Å². The molecule has 3 heteroatoms. The number of nitrogens with one attached hydrogen (secondary N) is 1. The summed E-state index contributed by atoms with van der Waals surface area (Å²) >= 11 is 2.03. The van der Waals surface area contributed by atoms with Gasteiger partial charge in [0.25, 0.3) is 0 Å². The third-order valence-electron chi connectivity index (χ3n) is 1.43. The first-order valence-electron chi connectivity index (χ1n) is 2.94. The number of nitrogens with two attached hydrogens (primary N) is 1. The summed E-state index contributed by atoms with van der Waals surface area (Å²) in [5, 5.41) is 0. The van der Waals surface area contributed by atoms with Gasteiger partial charge >= 0.3 is 0 Å². The average Bonchev–Trinajstić information content (AvgIpc) is 2.19. The molecule has 1 fully saturated rings. The highest BCUT2D eigenvalue weighted by Crippen LogP contribution is 2.21. The maximum atomic E-state index is 5.15. The van der Waals surface area contributed by atoms with Crippen LogP contribution in [0.15, 0.2) is 0 Å². The SMILES string of the molecule is NNC[C@@H]1CCSC1. The van der Waals surface area contributed by atoms with Crippen LogP contribution in [0.1, 0.15) is 6.42 Å². The van der Waals surface area contributed by atoms with E-state index >= 15 is 0 Å². The van der Waals surface area contributed by atoms with Gasteiger partial charge in [0.05, 0.1) is 0 Å². The molecule has 1 aliphatic rings. The summed E-state index contributed by atoms with van der Waals surface area (Å²) in [6, 6.07) is 0. The van der Waals surface area contributed by atoms with Crippen LogP contribution in [0.4, 0.5) is 0 Å². The summed E-state index contributed by atoms with van der Waals surface area (Å²) in [5.74, 6) is 8.61. The van der Waals surface area contributed by atoms with Crippen molar-refractivity contribution in [2.75, 3.05) is 18.1 Å². The molecule has 0 saturated carbocycles. The second-order valence-electron chi connectivity index (χ2n) is 2.14. The van der Waals surface area contributed by atoms with Gasteiger partial charge in [-0.25, -0.2) is 0 Å². The van der Waals surface area contributed by atoms with Gasteiger partial charge in [-0.05, 0) is 23.8 Å². The zero-order valence-corrected chi connectivity index (χ0v) is 5.71. The van der Waals surface area contributed by atoms with E-state index < -0.39 is 0 Å². The van der Waals surface area contributed by atoms with E-state index in [1.54, 1.807) is 0 Å². The highest BCUT2D eigenvalue weighted by molar-refractivity contribution is 7.99. The van der Waals surface area contributed by atoms with Crippen LogP contribution >= 0.6 is 11.8 Å². The smallest absolute Gasteiger partial charge is 0.0134 e. The topological polar surface area (TPSA) is 38.0 Å². The first kappa shape index (κ1) is 6.39. The zero-order valence-electron chi connectivity index (χ0n) is 4.89. The van der Waals surface area contributed by atoms with Crippen molar-refractivity contribution in [2.24, 2.45) is 11.8 Å².